The molecule has 0 saturated carbocycles. The van der Waals surface area contributed by atoms with Crippen molar-refractivity contribution in [1.29, 1.82) is 0 Å². The first-order valence-electron chi connectivity index (χ1n) is 5.17. The highest BCUT2D eigenvalue weighted by Crippen LogP contribution is 2.36. The largest absolute Gasteiger partial charge is 0.465 e. The Labute approximate surface area is 111 Å². The molecule has 0 aliphatic rings. The lowest BCUT2D eigenvalue weighted by Crippen LogP contribution is -2.21. The van der Waals surface area contributed by atoms with Gasteiger partial charge in [-0.15, -0.1) is 11.3 Å². The minimum atomic E-state index is -2.59. The van der Waals surface area contributed by atoms with Gasteiger partial charge in [-0.25, -0.2) is 13.6 Å². The Balaban J connectivity index is 3.19. The third-order valence-corrected chi connectivity index (χ3v) is 3.33. The SMILES string of the molecule is CNC(=O)c1c(NCC(F)F)sc(C(=O)OC)c1N. The smallest absolute Gasteiger partial charge is 0.350 e. The molecule has 0 bridgehead atoms. The van der Waals surface area contributed by atoms with Crippen molar-refractivity contribution in [1.82, 2.24) is 5.32 Å². The lowest BCUT2D eigenvalue weighted by Gasteiger charge is -2.06. The summed E-state index contributed by atoms with van der Waals surface area (Å²) in [6.07, 6.45) is -2.59. The summed E-state index contributed by atoms with van der Waals surface area (Å²) in [7, 11) is 2.53. The van der Waals surface area contributed by atoms with E-state index in [0.29, 0.717) is 0 Å². The average Bonchev–Trinajstić information content (AvgIpc) is 2.71. The number of anilines is 2. The maximum Gasteiger partial charge on any atom is 0.350 e. The molecule has 0 saturated heterocycles. The first-order chi connectivity index (χ1) is 8.92. The number of halogens is 2. The summed E-state index contributed by atoms with van der Waals surface area (Å²) in [5.41, 5.74) is 5.56. The van der Waals surface area contributed by atoms with Gasteiger partial charge in [0.25, 0.3) is 12.3 Å². The van der Waals surface area contributed by atoms with Crippen molar-refractivity contribution in [2.75, 3.05) is 31.8 Å². The van der Waals surface area contributed by atoms with Crippen LogP contribution >= 0.6 is 11.3 Å². The van der Waals surface area contributed by atoms with Gasteiger partial charge in [0.05, 0.1) is 24.9 Å². The summed E-state index contributed by atoms with van der Waals surface area (Å²) < 4.78 is 28.9. The number of hydrogen-bond donors (Lipinski definition) is 3. The van der Waals surface area contributed by atoms with Crippen LogP contribution in [0.25, 0.3) is 0 Å². The fraction of sp³-hybridized carbons (Fsp3) is 0.400. The molecule has 0 radical (unpaired) electrons. The van der Waals surface area contributed by atoms with Crippen LogP contribution in [0.1, 0.15) is 20.0 Å². The van der Waals surface area contributed by atoms with Crippen molar-refractivity contribution in [3.63, 3.8) is 0 Å². The molecule has 1 heterocycles. The molecule has 1 rings (SSSR count). The van der Waals surface area contributed by atoms with Gasteiger partial charge in [-0.1, -0.05) is 0 Å². The fourth-order valence-electron chi connectivity index (χ4n) is 1.33. The van der Waals surface area contributed by atoms with E-state index in [-0.39, 0.29) is 21.1 Å². The first kappa shape index (κ1) is 15.2. The number of amides is 1. The van der Waals surface area contributed by atoms with E-state index >= 15 is 0 Å². The van der Waals surface area contributed by atoms with Gasteiger partial charge in [-0.05, 0) is 0 Å². The van der Waals surface area contributed by atoms with Gasteiger partial charge in [0.15, 0.2) is 0 Å². The van der Waals surface area contributed by atoms with Gasteiger partial charge >= 0.3 is 5.97 Å². The number of ether oxygens (including phenoxy) is 1. The second-order valence-corrected chi connectivity index (χ2v) is 4.41. The molecule has 0 fully saturated rings. The summed E-state index contributed by atoms with van der Waals surface area (Å²) in [5.74, 6) is -1.29. The third-order valence-electron chi connectivity index (χ3n) is 2.19. The number of carbonyl (C=O) groups excluding carboxylic acids is 2. The average molecular weight is 293 g/mol. The van der Waals surface area contributed by atoms with E-state index in [2.05, 4.69) is 15.4 Å². The van der Waals surface area contributed by atoms with Crippen molar-refractivity contribution in [3.8, 4) is 0 Å². The number of esters is 1. The normalized spacial score (nSPS) is 10.4. The highest BCUT2D eigenvalue weighted by molar-refractivity contribution is 7.19. The Morgan fingerprint density at radius 2 is 2.11 bits per heavy atom. The highest BCUT2D eigenvalue weighted by Gasteiger charge is 2.25. The molecule has 106 valence electrons. The third kappa shape index (κ3) is 3.31. The van der Waals surface area contributed by atoms with Crippen LogP contribution in [0.4, 0.5) is 19.5 Å². The van der Waals surface area contributed by atoms with E-state index in [1.54, 1.807) is 0 Å². The van der Waals surface area contributed by atoms with Crippen LogP contribution in [0.2, 0.25) is 0 Å². The summed E-state index contributed by atoms with van der Waals surface area (Å²) in [5, 5.41) is 4.83. The standard InChI is InChI=1S/C10H13F2N3O3S/c1-14-8(16)5-6(13)7(10(17)18-2)19-9(5)15-3-4(11)12/h4,15H,3,13H2,1-2H3,(H,14,16). The number of nitrogens with two attached hydrogens (primary N) is 1. The molecule has 19 heavy (non-hydrogen) atoms. The van der Waals surface area contributed by atoms with Gasteiger partial charge in [-0.2, -0.15) is 0 Å². The van der Waals surface area contributed by atoms with E-state index in [4.69, 9.17) is 5.73 Å². The Bertz CT molecular complexity index is 491. The molecule has 4 N–H and O–H groups in total. The minimum absolute atomic E-state index is 0.00198. The predicted octanol–water partition coefficient (Wildman–Crippen LogP) is 1.15. The number of alkyl halides is 2. The molecule has 1 aromatic heterocycles. The number of rotatable bonds is 5. The zero-order valence-corrected chi connectivity index (χ0v) is 11.1. The molecule has 0 unspecified atom stereocenters. The lowest BCUT2D eigenvalue weighted by molar-refractivity contribution is 0.0607. The van der Waals surface area contributed by atoms with Gasteiger partial charge < -0.3 is 21.1 Å². The van der Waals surface area contributed by atoms with Gasteiger partial charge in [0, 0.05) is 7.05 Å². The van der Waals surface area contributed by atoms with E-state index < -0.39 is 24.8 Å². The van der Waals surface area contributed by atoms with Crippen LogP contribution in [-0.2, 0) is 4.74 Å². The number of hydrogen-bond acceptors (Lipinski definition) is 6. The van der Waals surface area contributed by atoms with Crippen LogP contribution < -0.4 is 16.4 Å². The van der Waals surface area contributed by atoms with E-state index in [9.17, 15) is 18.4 Å². The number of methoxy groups -OCH3 is 1. The number of carbonyl (C=O) groups is 2. The van der Waals surface area contributed by atoms with Crippen molar-refractivity contribution >= 4 is 33.9 Å². The lowest BCUT2D eigenvalue weighted by atomic mass is 10.2. The first-order valence-corrected chi connectivity index (χ1v) is 5.98. The Morgan fingerprint density at radius 3 is 2.58 bits per heavy atom. The maximum atomic E-state index is 12.2. The van der Waals surface area contributed by atoms with Crippen molar-refractivity contribution in [3.05, 3.63) is 10.4 Å². The van der Waals surface area contributed by atoms with Crippen molar-refractivity contribution in [2.45, 2.75) is 6.43 Å². The van der Waals surface area contributed by atoms with Crippen LogP contribution in [-0.4, -0.2) is 39.0 Å². The fourth-order valence-corrected chi connectivity index (χ4v) is 2.38. The molecule has 0 aliphatic heterocycles. The minimum Gasteiger partial charge on any atom is -0.465 e. The van der Waals surface area contributed by atoms with Crippen LogP contribution in [0.15, 0.2) is 0 Å². The molecular formula is C10H13F2N3O3S. The molecular weight excluding hydrogens is 280 g/mol. The molecule has 0 atom stereocenters. The molecule has 9 heteroatoms. The number of nitrogen functional groups attached to an aromatic ring is 1. The molecule has 1 aromatic rings. The summed E-state index contributed by atoms with van der Waals surface area (Å²) in [6, 6.07) is 0. The predicted molar refractivity (Wildman–Crippen MR) is 68.0 cm³/mol. The Hall–Kier alpha value is -1.90. The van der Waals surface area contributed by atoms with Crippen LogP contribution in [0, 0.1) is 0 Å². The summed E-state index contributed by atoms with van der Waals surface area (Å²) >= 11 is 0.800. The monoisotopic (exact) mass is 293 g/mol. The topological polar surface area (TPSA) is 93.5 Å². The number of nitrogens with one attached hydrogen (secondary N) is 2. The van der Waals surface area contributed by atoms with Crippen molar-refractivity contribution < 1.29 is 23.1 Å². The second kappa shape index (κ2) is 6.32. The Morgan fingerprint density at radius 1 is 1.47 bits per heavy atom. The van der Waals surface area contributed by atoms with Crippen LogP contribution in [0.5, 0.6) is 0 Å². The van der Waals surface area contributed by atoms with Gasteiger partial charge in [-0.3, -0.25) is 4.79 Å². The Kier molecular flexibility index (Phi) is 5.04. The second-order valence-electron chi connectivity index (χ2n) is 3.39. The quantitative estimate of drug-likeness (QED) is 0.708. The highest BCUT2D eigenvalue weighted by atomic mass is 32.1. The van der Waals surface area contributed by atoms with Gasteiger partial charge in [0.2, 0.25) is 0 Å². The van der Waals surface area contributed by atoms with E-state index in [1.165, 1.54) is 7.05 Å². The molecule has 0 aromatic carbocycles. The molecule has 6 nitrogen and oxygen atoms in total. The van der Waals surface area contributed by atoms with Gasteiger partial charge in [0.1, 0.15) is 9.88 Å². The van der Waals surface area contributed by atoms with E-state index in [0.717, 1.165) is 18.4 Å². The molecule has 1 amide bonds. The maximum absolute atomic E-state index is 12.2. The summed E-state index contributed by atoms with van der Waals surface area (Å²) in [4.78, 5) is 23.1. The molecule has 0 aliphatic carbocycles. The van der Waals surface area contributed by atoms with E-state index in [1.807, 2.05) is 0 Å². The zero-order valence-electron chi connectivity index (χ0n) is 10.3. The van der Waals surface area contributed by atoms with Crippen LogP contribution in [0.3, 0.4) is 0 Å². The molecule has 0 spiro atoms. The van der Waals surface area contributed by atoms with Crippen molar-refractivity contribution in [2.24, 2.45) is 0 Å². The number of thiophene rings is 1. The zero-order chi connectivity index (χ0) is 14.6. The summed E-state index contributed by atoms with van der Waals surface area (Å²) in [6.45, 7) is -0.648.